The second-order valence-corrected chi connectivity index (χ2v) is 6.23. The summed E-state index contributed by atoms with van der Waals surface area (Å²) in [6, 6.07) is 3.62. The zero-order chi connectivity index (χ0) is 15.5. The lowest BCUT2D eigenvalue weighted by molar-refractivity contribution is -0.139. The van der Waals surface area contributed by atoms with Gasteiger partial charge in [-0.15, -0.1) is 11.3 Å². The topological polar surface area (TPSA) is 83.6 Å². The summed E-state index contributed by atoms with van der Waals surface area (Å²) in [7, 11) is 0. The monoisotopic (exact) mass is 320 g/mol. The first-order valence-electron chi connectivity index (χ1n) is 7.13. The normalized spacial score (nSPS) is 17.8. The van der Waals surface area contributed by atoms with Crippen molar-refractivity contribution < 1.29 is 19.1 Å². The zero-order valence-corrected chi connectivity index (χ0v) is 12.7. The molecule has 1 saturated heterocycles. The van der Waals surface area contributed by atoms with E-state index in [9.17, 15) is 9.59 Å². The van der Waals surface area contributed by atoms with Crippen molar-refractivity contribution >= 4 is 23.2 Å². The van der Waals surface area contributed by atoms with E-state index in [0.29, 0.717) is 18.1 Å². The molecular formula is C15H16N2O4S. The van der Waals surface area contributed by atoms with Crippen molar-refractivity contribution in [2.45, 2.75) is 31.7 Å². The first kappa shape index (κ1) is 14.8. The minimum Gasteiger partial charge on any atom is -0.481 e. The number of oxazole rings is 1. The van der Waals surface area contributed by atoms with Crippen LogP contribution in [0.4, 0.5) is 0 Å². The molecule has 0 spiro atoms. The first-order valence-corrected chi connectivity index (χ1v) is 8.01. The molecule has 0 radical (unpaired) electrons. The van der Waals surface area contributed by atoms with Gasteiger partial charge in [0.2, 0.25) is 11.8 Å². The van der Waals surface area contributed by atoms with Crippen molar-refractivity contribution in [1.82, 2.24) is 9.88 Å². The molecule has 1 fully saturated rings. The van der Waals surface area contributed by atoms with E-state index in [1.54, 1.807) is 4.90 Å². The Morgan fingerprint density at radius 1 is 1.50 bits per heavy atom. The van der Waals surface area contributed by atoms with Crippen LogP contribution in [0, 0.1) is 0 Å². The Balaban J connectivity index is 1.65. The molecule has 116 valence electrons. The molecule has 0 aliphatic carbocycles. The fourth-order valence-electron chi connectivity index (χ4n) is 2.74. The van der Waals surface area contributed by atoms with Gasteiger partial charge in [0.15, 0.2) is 0 Å². The molecule has 3 rings (SSSR count). The number of nitrogens with zero attached hydrogens (tertiary/aromatic N) is 2. The van der Waals surface area contributed by atoms with Crippen LogP contribution in [-0.4, -0.2) is 39.5 Å². The number of rotatable bonds is 5. The maximum Gasteiger partial charge on any atom is 0.305 e. The largest absolute Gasteiger partial charge is 0.481 e. The molecule has 1 unspecified atom stereocenters. The van der Waals surface area contributed by atoms with Crippen LogP contribution in [0.2, 0.25) is 0 Å². The van der Waals surface area contributed by atoms with Gasteiger partial charge >= 0.3 is 5.97 Å². The molecule has 1 atom stereocenters. The predicted molar refractivity (Wildman–Crippen MR) is 80.5 cm³/mol. The second kappa shape index (κ2) is 6.31. The Labute approximate surface area is 131 Å². The van der Waals surface area contributed by atoms with E-state index in [-0.39, 0.29) is 24.8 Å². The molecule has 1 aliphatic rings. The van der Waals surface area contributed by atoms with E-state index in [1.807, 2.05) is 17.5 Å². The third-order valence-electron chi connectivity index (χ3n) is 3.72. The molecule has 0 aromatic carbocycles. The van der Waals surface area contributed by atoms with Crippen LogP contribution in [0.15, 0.2) is 28.2 Å². The number of aromatic nitrogens is 1. The molecule has 2 aromatic rings. The van der Waals surface area contributed by atoms with Gasteiger partial charge in [-0.05, 0) is 24.3 Å². The third kappa shape index (κ3) is 3.19. The number of amides is 1. The van der Waals surface area contributed by atoms with Gasteiger partial charge in [0.1, 0.15) is 6.26 Å². The summed E-state index contributed by atoms with van der Waals surface area (Å²) in [5.41, 5.74) is 0.578. The fraction of sp³-hybridized carbons (Fsp3) is 0.400. The molecule has 1 aliphatic heterocycles. The van der Waals surface area contributed by atoms with E-state index in [0.717, 1.165) is 17.7 Å². The van der Waals surface area contributed by atoms with E-state index in [2.05, 4.69) is 4.98 Å². The maximum absolute atomic E-state index is 12.4. The lowest BCUT2D eigenvalue weighted by atomic mass is 10.1. The summed E-state index contributed by atoms with van der Waals surface area (Å²) in [6.45, 7) is 0.617. The molecule has 6 nitrogen and oxygen atoms in total. The Morgan fingerprint density at radius 2 is 2.36 bits per heavy atom. The van der Waals surface area contributed by atoms with Gasteiger partial charge in [-0.1, -0.05) is 6.07 Å². The number of hydrogen-bond donors (Lipinski definition) is 1. The molecule has 1 N–H and O–H groups in total. The van der Waals surface area contributed by atoms with Gasteiger partial charge in [0.25, 0.3) is 0 Å². The predicted octanol–water partition coefficient (Wildman–Crippen LogP) is 2.41. The standard InChI is InChI=1S/C15H16N2O4S/c18-13(17-5-1-3-11(17)8-14(19)20)7-10-9-21-15(16-10)12-4-2-6-22-12/h2,4,6,9,11H,1,3,5,7-8H2,(H,19,20). The number of carboxylic acids is 1. The van der Waals surface area contributed by atoms with Crippen molar-refractivity contribution in [1.29, 1.82) is 0 Å². The highest BCUT2D eigenvalue weighted by atomic mass is 32.1. The number of carbonyl (C=O) groups excluding carboxylic acids is 1. The highest BCUT2D eigenvalue weighted by molar-refractivity contribution is 7.13. The smallest absolute Gasteiger partial charge is 0.305 e. The molecule has 0 saturated carbocycles. The fourth-order valence-corrected chi connectivity index (χ4v) is 3.39. The van der Waals surface area contributed by atoms with Crippen molar-refractivity contribution in [2.75, 3.05) is 6.54 Å². The SMILES string of the molecule is O=C(O)CC1CCCN1C(=O)Cc1coc(-c2cccs2)n1. The highest BCUT2D eigenvalue weighted by Gasteiger charge is 2.30. The summed E-state index contributed by atoms with van der Waals surface area (Å²) < 4.78 is 5.40. The van der Waals surface area contributed by atoms with Gasteiger partial charge in [-0.2, -0.15) is 0 Å². The quantitative estimate of drug-likeness (QED) is 0.914. The number of likely N-dealkylation sites (tertiary alicyclic amines) is 1. The minimum atomic E-state index is -0.869. The van der Waals surface area contributed by atoms with E-state index in [1.165, 1.54) is 17.6 Å². The van der Waals surface area contributed by atoms with Crippen molar-refractivity contribution in [3.8, 4) is 10.8 Å². The molecule has 3 heterocycles. The third-order valence-corrected chi connectivity index (χ3v) is 4.58. The molecule has 7 heteroatoms. The van der Waals surface area contributed by atoms with E-state index in [4.69, 9.17) is 9.52 Å². The number of thiophene rings is 1. The van der Waals surface area contributed by atoms with Crippen LogP contribution in [0.25, 0.3) is 10.8 Å². The molecule has 1 amide bonds. The minimum absolute atomic E-state index is 0.00496. The van der Waals surface area contributed by atoms with Crippen LogP contribution >= 0.6 is 11.3 Å². The van der Waals surface area contributed by atoms with Crippen LogP contribution in [-0.2, 0) is 16.0 Å². The summed E-state index contributed by atoms with van der Waals surface area (Å²) in [5, 5.41) is 10.8. The van der Waals surface area contributed by atoms with Crippen LogP contribution in [0.3, 0.4) is 0 Å². The molecule has 0 bridgehead atoms. The lowest BCUT2D eigenvalue weighted by Crippen LogP contribution is -2.37. The summed E-state index contributed by atoms with van der Waals surface area (Å²) in [4.78, 5) is 30.1. The maximum atomic E-state index is 12.4. The number of hydrogen-bond acceptors (Lipinski definition) is 5. The Hall–Kier alpha value is -2.15. The average Bonchev–Trinajstić information content (AvgIpc) is 3.18. The Morgan fingerprint density at radius 3 is 3.09 bits per heavy atom. The Kier molecular flexibility index (Phi) is 4.24. The first-order chi connectivity index (χ1) is 10.6. The zero-order valence-electron chi connectivity index (χ0n) is 11.9. The van der Waals surface area contributed by atoms with Crippen LogP contribution in [0.1, 0.15) is 25.0 Å². The van der Waals surface area contributed by atoms with Gasteiger partial charge in [-0.25, -0.2) is 4.98 Å². The molecular weight excluding hydrogens is 304 g/mol. The number of aliphatic carboxylic acids is 1. The van der Waals surface area contributed by atoms with E-state index >= 15 is 0 Å². The molecule has 2 aromatic heterocycles. The average molecular weight is 320 g/mol. The number of carboxylic acid groups (broad SMARTS) is 1. The second-order valence-electron chi connectivity index (χ2n) is 5.28. The van der Waals surface area contributed by atoms with Crippen molar-refractivity contribution in [3.05, 3.63) is 29.5 Å². The lowest BCUT2D eigenvalue weighted by Gasteiger charge is -2.23. The van der Waals surface area contributed by atoms with E-state index < -0.39 is 5.97 Å². The molecule has 22 heavy (non-hydrogen) atoms. The van der Waals surface area contributed by atoms with Crippen LogP contribution in [0.5, 0.6) is 0 Å². The summed E-state index contributed by atoms with van der Waals surface area (Å²) in [6.07, 6.45) is 3.24. The van der Waals surface area contributed by atoms with Crippen LogP contribution < -0.4 is 0 Å². The van der Waals surface area contributed by atoms with Gasteiger partial charge in [0, 0.05) is 12.6 Å². The van der Waals surface area contributed by atoms with Gasteiger partial charge < -0.3 is 14.4 Å². The van der Waals surface area contributed by atoms with Crippen molar-refractivity contribution in [2.24, 2.45) is 0 Å². The summed E-state index contributed by atoms with van der Waals surface area (Å²) >= 11 is 1.52. The van der Waals surface area contributed by atoms with Gasteiger partial charge in [-0.3, -0.25) is 9.59 Å². The van der Waals surface area contributed by atoms with Gasteiger partial charge in [0.05, 0.1) is 23.4 Å². The summed E-state index contributed by atoms with van der Waals surface area (Å²) in [5.74, 6) is -0.442. The number of carbonyl (C=O) groups is 2. The Bertz CT molecular complexity index is 665. The van der Waals surface area contributed by atoms with Crippen molar-refractivity contribution in [3.63, 3.8) is 0 Å². The highest BCUT2D eigenvalue weighted by Crippen LogP contribution is 2.25.